The van der Waals surface area contributed by atoms with Gasteiger partial charge in [-0.05, 0) is 78.6 Å². The number of para-hydroxylation sites is 1. The van der Waals surface area contributed by atoms with Crippen LogP contribution in [-0.4, -0.2) is 37.2 Å². The third kappa shape index (κ3) is 5.44. The van der Waals surface area contributed by atoms with Crippen LogP contribution >= 0.6 is 0 Å². The molecular weight excluding hydrogens is 462 g/mol. The first-order valence-corrected chi connectivity index (χ1v) is 13.5. The Labute approximate surface area is 220 Å². The van der Waals surface area contributed by atoms with Gasteiger partial charge in [0.05, 0.1) is 6.54 Å². The van der Waals surface area contributed by atoms with Gasteiger partial charge in [-0.2, -0.15) is 0 Å². The molecule has 37 heavy (non-hydrogen) atoms. The number of ether oxygens (including phenoxy) is 2. The number of carbonyl (C=O) groups excluding carboxylic acids is 1. The predicted molar refractivity (Wildman–Crippen MR) is 149 cm³/mol. The van der Waals surface area contributed by atoms with Crippen molar-refractivity contribution in [1.29, 1.82) is 0 Å². The molecule has 2 aliphatic heterocycles. The largest absolute Gasteiger partial charge is 0.454 e. The van der Waals surface area contributed by atoms with Gasteiger partial charge in [0, 0.05) is 30.5 Å². The Balaban J connectivity index is 1.38. The molecule has 0 spiro atoms. The Morgan fingerprint density at radius 1 is 0.919 bits per heavy atom. The van der Waals surface area contributed by atoms with Crippen LogP contribution in [0.3, 0.4) is 0 Å². The fraction of sp³-hybridized carbons (Fsp3) is 0.387. The molecule has 0 saturated carbocycles. The lowest BCUT2D eigenvalue weighted by molar-refractivity contribution is -0.117. The minimum atomic E-state index is 0.0382. The van der Waals surface area contributed by atoms with E-state index in [1.807, 2.05) is 6.07 Å². The van der Waals surface area contributed by atoms with E-state index in [4.69, 9.17) is 9.47 Å². The number of anilines is 2. The average Bonchev–Trinajstić information content (AvgIpc) is 3.56. The molecule has 2 aliphatic rings. The Kier molecular flexibility index (Phi) is 7.65. The molecule has 0 bridgehead atoms. The number of amides is 1. The van der Waals surface area contributed by atoms with E-state index in [1.54, 1.807) is 0 Å². The Hall–Kier alpha value is -3.51. The summed E-state index contributed by atoms with van der Waals surface area (Å²) in [5.41, 5.74) is 6.93. The van der Waals surface area contributed by atoms with Crippen molar-refractivity contribution < 1.29 is 14.3 Å². The number of hydrogen-bond acceptors (Lipinski definition) is 5. The standard InChI is InChI=1S/C31H37N3O3/c1-4-21-8-7-9-22(5-2)31(21)33-30(35)19-34-18-25(24-12-15-28-29(17-24)37-20-36-28)16-27(34)23-10-13-26(14-11-23)32-6-3/h7-15,17,25,27,32H,4-6,16,18-20H2,1-3H3,(H,33,35). The SMILES string of the molecule is CCNc1ccc(C2CC(c3ccc4c(c3)OCO4)CN2CC(=O)Nc2c(CC)cccc2CC)cc1. The van der Waals surface area contributed by atoms with Gasteiger partial charge in [0.2, 0.25) is 12.7 Å². The maximum atomic E-state index is 13.4. The number of rotatable bonds is 9. The fourth-order valence-electron chi connectivity index (χ4n) is 5.63. The first kappa shape index (κ1) is 25.2. The lowest BCUT2D eigenvalue weighted by Crippen LogP contribution is -2.33. The number of hydrogen-bond donors (Lipinski definition) is 2. The van der Waals surface area contributed by atoms with Crippen LogP contribution in [0, 0.1) is 0 Å². The van der Waals surface area contributed by atoms with Crippen molar-refractivity contribution in [3.8, 4) is 11.5 Å². The Bertz CT molecular complexity index is 1220. The number of carbonyl (C=O) groups is 1. The number of aryl methyl sites for hydroxylation is 2. The second kappa shape index (κ2) is 11.3. The quantitative estimate of drug-likeness (QED) is 0.370. The molecule has 2 unspecified atom stereocenters. The number of nitrogens with one attached hydrogen (secondary N) is 2. The molecule has 194 valence electrons. The van der Waals surface area contributed by atoms with Gasteiger partial charge >= 0.3 is 0 Å². The molecule has 1 amide bonds. The smallest absolute Gasteiger partial charge is 0.238 e. The second-order valence-corrected chi connectivity index (χ2v) is 9.85. The lowest BCUT2D eigenvalue weighted by Gasteiger charge is -2.25. The van der Waals surface area contributed by atoms with Crippen LogP contribution in [0.2, 0.25) is 0 Å². The molecule has 0 radical (unpaired) electrons. The number of fused-ring (bicyclic) bond motifs is 1. The van der Waals surface area contributed by atoms with E-state index >= 15 is 0 Å². The lowest BCUT2D eigenvalue weighted by atomic mass is 9.93. The van der Waals surface area contributed by atoms with Crippen molar-refractivity contribution in [2.45, 2.75) is 52.0 Å². The van der Waals surface area contributed by atoms with E-state index in [9.17, 15) is 4.79 Å². The molecule has 2 atom stereocenters. The summed E-state index contributed by atoms with van der Waals surface area (Å²) < 4.78 is 11.2. The van der Waals surface area contributed by atoms with Crippen LogP contribution in [0.15, 0.2) is 60.7 Å². The summed E-state index contributed by atoms with van der Waals surface area (Å²) >= 11 is 0. The van der Waals surface area contributed by atoms with Gasteiger partial charge < -0.3 is 20.1 Å². The molecule has 1 fully saturated rings. The predicted octanol–water partition coefficient (Wildman–Crippen LogP) is 6.14. The molecule has 1 saturated heterocycles. The molecule has 6 nitrogen and oxygen atoms in total. The van der Waals surface area contributed by atoms with Gasteiger partial charge in [0.15, 0.2) is 11.5 Å². The summed E-state index contributed by atoms with van der Waals surface area (Å²) in [5.74, 6) is 1.95. The number of likely N-dealkylation sites (tertiary alicyclic amines) is 1. The first-order chi connectivity index (χ1) is 18.1. The maximum absolute atomic E-state index is 13.4. The molecule has 3 aromatic carbocycles. The Morgan fingerprint density at radius 2 is 1.62 bits per heavy atom. The second-order valence-electron chi connectivity index (χ2n) is 9.85. The van der Waals surface area contributed by atoms with E-state index in [2.05, 4.69) is 90.9 Å². The van der Waals surface area contributed by atoms with E-state index in [-0.39, 0.29) is 18.7 Å². The molecule has 2 N–H and O–H groups in total. The highest BCUT2D eigenvalue weighted by atomic mass is 16.7. The molecule has 5 rings (SSSR count). The van der Waals surface area contributed by atoms with E-state index in [1.165, 1.54) is 22.3 Å². The normalized spacial score (nSPS) is 18.7. The van der Waals surface area contributed by atoms with Gasteiger partial charge in [-0.25, -0.2) is 0 Å². The molecule has 3 aromatic rings. The molecule has 6 heteroatoms. The third-order valence-electron chi connectivity index (χ3n) is 7.56. The average molecular weight is 500 g/mol. The van der Waals surface area contributed by atoms with Crippen LogP contribution in [0.5, 0.6) is 11.5 Å². The zero-order valence-electron chi connectivity index (χ0n) is 22.0. The minimum absolute atomic E-state index is 0.0382. The van der Waals surface area contributed by atoms with Gasteiger partial charge in [-0.3, -0.25) is 9.69 Å². The summed E-state index contributed by atoms with van der Waals surface area (Å²) in [4.78, 5) is 15.7. The van der Waals surface area contributed by atoms with E-state index in [0.717, 1.165) is 55.2 Å². The third-order valence-corrected chi connectivity index (χ3v) is 7.56. The van der Waals surface area contributed by atoms with Crippen LogP contribution in [-0.2, 0) is 17.6 Å². The first-order valence-electron chi connectivity index (χ1n) is 13.5. The summed E-state index contributed by atoms with van der Waals surface area (Å²) in [6.07, 6.45) is 2.72. The van der Waals surface area contributed by atoms with Crippen molar-refractivity contribution >= 4 is 17.3 Å². The van der Waals surface area contributed by atoms with Crippen LogP contribution in [0.1, 0.15) is 61.4 Å². The van der Waals surface area contributed by atoms with Crippen LogP contribution in [0.4, 0.5) is 11.4 Å². The monoisotopic (exact) mass is 499 g/mol. The fourth-order valence-corrected chi connectivity index (χ4v) is 5.63. The van der Waals surface area contributed by atoms with Crippen LogP contribution in [0.25, 0.3) is 0 Å². The molecule has 2 heterocycles. The van der Waals surface area contributed by atoms with Gasteiger partial charge in [0.25, 0.3) is 0 Å². The van der Waals surface area contributed by atoms with Crippen molar-refractivity contribution in [3.63, 3.8) is 0 Å². The van der Waals surface area contributed by atoms with Crippen molar-refractivity contribution in [2.24, 2.45) is 0 Å². The highest BCUT2D eigenvalue weighted by molar-refractivity contribution is 5.94. The van der Waals surface area contributed by atoms with Crippen LogP contribution < -0.4 is 20.1 Å². The summed E-state index contributed by atoms with van der Waals surface area (Å²) in [5, 5.41) is 6.64. The zero-order valence-corrected chi connectivity index (χ0v) is 22.0. The van der Waals surface area contributed by atoms with Crippen molar-refractivity contribution in [3.05, 3.63) is 82.9 Å². The summed E-state index contributed by atoms with van der Waals surface area (Å²) in [7, 11) is 0. The molecule has 0 aliphatic carbocycles. The van der Waals surface area contributed by atoms with Gasteiger partial charge in [0.1, 0.15) is 0 Å². The maximum Gasteiger partial charge on any atom is 0.238 e. The minimum Gasteiger partial charge on any atom is -0.454 e. The highest BCUT2D eigenvalue weighted by Crippen LogP contribution is 2.43. The number of benzene rings is 3. The highest BCUT2D eigenvalue weighted by Gasteiger charge is 2.35. The topological polar surface area (TPSA) is 62.8 Å². The van der Waals surface area contributed by atoms with E-state index in [0.29, 0.717) is 12.5 Å². The van der Waals surface area contributed by atoms with Crippen molar-refractivity contribution in [1.82, 2.24) is 4.90 Å². The van der Waals surface area contributed by atoms with Crippen molar-refractivity contribution in [2.75, 3.05) is 37.1 Å². The molecular formula is C31H37N3O3. The molecule has 0 aromatic heterocycles. The number of nitrogens with zero attached hydrogens (tertiary/aromatic N) is 1. The van der Waals surface area contributed by atoms with Gasteiger partial charge in [-0.1, -0.05) is 50.2 Å². The summed E-state index contributed by atoms with van der Waals surface area (Å²) in [6, 6.07) is 21.3. The Morgan fingerprint density at radius 3 is 2.32 bits per heavy atom. The zero-order chi connectivity index (χ0) is 25.8. The van der Waals surface area contributed by atoms with E-state index < -0.39 is 0 Å². The summed E-state index contributed by atoms with van der Waals surface area (Å²) in [6.45, 7) is 8.68. The van der Waals surface area contributed by atoms with Gasteiger partial charge in [-0.15, -0.1) is 0 Å².